The lowest BCUT2D eigenvalue weighted by Crippen LogP contribution is -2.38. The summed E-state index contributed by atoms with van der Waals surface area (Å²) in [5.74, 6) is 0. The standard InChI is InChI=1S/C8H16N2O/c1-9(8-11)7-10-5-3-2-4-6-10/h8H,2-7H2,1H3. The maximum Gasteiger partial charge on any atom is 0.210 e. The molecule has 11 heavy (non-hydrogen) atoms. The molecule has 1 aliphatic heterocycles. The van der Waals surface area contributed by atoms with Crippen molar-refractivity contribution < 1.29 is 4.79 Å². The third-order valence-electron chi connectivity index (χ3n) is 2.05. The van der Waals surface area contributed by atoms with Crippen LogP contribution in [0.3, 0.4) is 0 Å². The summed E-state index contributed by atoms with van der Waals surface area (Å²) in [6.45, 7) is 3.10. The summed E-state index contributed by atoms with van der Waals surface area (Å²) in [6, 6.07) is 0. The average Bonchev–Trinajstić information content (AvgIpc) is 2.06. The molecule has 1 aliphatic rings. The molecule has 3 nitrogen and oxygen atoms in total. The minimum absolute atomic E-state index is 0.795. The Morgan fingerprint density at radius 2 is 2.00 bits per heavy atom. The first-order chi connectivity index (χ1) is 5.33. The topological polar surface area (TPSA) is 23.6 Å². The number of carbonyl (C=O) groups is 1. The van der Waals surface area contributed by atoms with Crippen LogP contribution in [0.5, 0.6) is 0 Å². The van der Waals surface area contributed by atoms with E-state index < -0.39 is 0 Å². The minimum Gasteiger partial charge on any atom is -0.335 e. The molecule has 0 saturated carbocycles. The third-order valence-corrected chi connectivity index (χ3v) is 2.05. The molecule has 0 unspecified atom stereocenters. The third kappa shape index (κ3) is 2.89. The fraction of sp³-hybridized carbons (Fsp3) is 0.875. The van der Waals surface area contributed by atoms with E-state index in [4.69, 9.17) is 0 Å². The van der Waals surface area contributed by atoms with Crippen molar-refractivity contribution in [2.24, 2.45) is 0 Å². The van der Waals surface area contributed by atoms with Gasteiger partial charge in [-0.15, -0.1) is 0 Å². The maximum atomic E-state index is 10.3. The van der Waals surface area contributed by atoms with Gasteiger partial charge in [0.25, 0.3) is 0 Å². The molecule has 1 saturated heterocycles. The molecule has 0 aromatic carbocycles. The van der Waals surface area contributed by atoms with E-state index in [0.29, 0.717) is 0 Å². The first-order valence-corrected chi connectivity index (χ1v) is 4.21. The van der Waals surface area contributed by atoms with E-state index in [2.05, 4.69) is 4.90 Å². The van der Waals surface area contributed by atoms with Gasteiger partial charge >= 0.3 is 0 Å². The Hall–Kier alpha value is -0.570. The van der Waals surface area contributed by atoms with Gasteiger partial charge in [0.15, 0.2) is 0 Å². The molecule has 0 radical (unpaired) electrons. The minimum atomic E-state index is 0.795. The molecular weight excluding hydrogens is 140 g/mol. The number of amides is 1. The van der Waals surface area contributed by atoms with Crippen LogP contribution >= 0.6 is 0 Å². The van der Waals surface area contributed by atoms with Gasteiger partial charge in [-0.3, -0.25) is 9.69 Å². The summed E-state index contributed by atoms with van der Waals surface area (Å²) in [4.78, 5) is 14.3. The van der Waals surface area contributed by atoms with Crippen LogP contribution in [0.15, 0.2) is 0 Å². The van der Waals surface area contributed by atoms with Crippen LogP contribution in [0, 0.1) is 0 Å². The number of carbonyl (C=O) groups excluding carboxylic acids is 1. The summed E-state index contributed by atoms with van der Waals surface area (Å²) in [5, 5.41) is 0. The lowest BCUT2D eigenvalue weighted by Gasteiger charge is -2.28. The molecule has 1 heterocycles. The Balaban J connectivity index is 2.18. The number of hydrogen-bond acceptors (Lipinski definition) is 2. The van der Waals surface area contributed by atoms with Gasteiger partial charge in [0.2, 0.25) is 6.41 Å². The van der Waals surface area contributed by atoms with Crippen molar-refractivity contribution in [3.63, 3.8) is 0 Å². The summed E-state index contributed by atoms with van der Waals surface area (Å²) in [5.41, 5.74) is 0. The molecule has 1 fully saturated rings. The molecule has 3 heteroatoms. The highest BCUT2D eigenvalue weighted by Gasteiger charge is 2.10. The predicted molar refractivity (Wildman–Crippen MR) is 44.1 cm³/mol. The zero-order chi connectivity index (χ0) is 8.10. The second-order valence-corrected chi connectivity index (χ2v) is 3.18. The Kier molecular flexibility index (Phi) is 3.36. The van der Waals surface area contributed by atoms with Crippen LogP contribution in [0.4, 0.5) is 0 Å². The molecule has 0 aromatic heterocycles. The van der Waals surface area contributed by atoms with Gasteiger partial charge in [0.05, 0.1) is 6.67 Å². The molecule has 0 atom stereocenters. The molecule has 64 valence electrons. The van der Waals surface area contributed by atoms with Crippen LogP contribution in [-0.2, 0) is 4.79 Å². The molecule has 1 amide bonds. The molecule has 1 rings (SSSR count). The van der Waals surface area contributed by atoms with E-state index in [1.165, 1.54) is 19.3 Å². The summed E-state index contributed by atoms with van der Waals surface area (Å²) in [7, 11) is 1.82. The van der Waals surface area contributed by atoms with Gasteiger partial charge in [-0.2, -0.15) is 0 Å². The van der Waals surface area contributed by atoms with Crippen LogP contribution in [0.1, 0.15) is 19.3 Å². The Morgan fingerprint density at radius 3 is 2.55 bits per heavy atom. The molecule has 0 aliphatic carbocycles. The van der Waals surface area contributed by atoms with Gasteiger partial charge in [-0.1, -0.05) is 6.42 Å². The number of nitrogens with zero attached hydrogens (tertiary/aromatic N) is 2. The van der Waals surface area contributed by atoms with Crippen LogP contribution in [0.25, 0.3) is 0 Å². The van der Waals surface area contributed by atoms with Crippen molar-refractivity contribution in [3.8, 4) is 0 Å². The lowest BCUT2D eigenvalue weighted by molar-refractivity contribution is -0.118. The van der Waals surface area contributed by atoms with Crippen molar-refractivity contribution in [1.82, 2.24) is 9.80 Å². The molecule has 0 N–H and O–H groups in total. The van der Waals surface area contributed by atoms with Gasteiger partial charge in [-0.05, 0) is 25.9 Å². The fourth-order valence-corrected chi connectivity index (χ4v) is 1.45. The van der Waals surface area contributed by atoms with E-state index in [0.717, 1.165) is 26.2 Å². The normalized spacial score (nSPS) is 19.7. The lowest BCUT2D eigenvalue weighted by atomic mass is 10.1. The van der Waals surface area contributed by atoms with Crippen molar-refractivity contribution in [3.05, 3.63) is 0 Å². The van der Waals surface area contributed by atoms with Gasteiger partial charge in [-0.25, -0.2) is 0 Å². The van der Waals surface area contributed by atoms with E-state index in [9.17, 15) is 4.79 Å². The zero-order valence-electron chi connectivity index (χ0n) is 7.12. The van der Waals surface area contributed by atoms with E-state index in [1.54, 1.807) is 4.90 Å². The maximum absolute atomic E-state index is 10.3. The van der Waals surface area contributed by atoms with Crippen molar-refractivity contribution in [1.29, 1.82) is 0 Å². The monoisotopic (exact) mass is 156 g/mol. The van der Waals surface area contributed by atoms with Crippen LogP contribution in [-0.4, -0.2) is 43.0 Å². The quantitative estimate of drug-likeness (QED) is 0.556. The number of likely N-dealkylation sites (tertiary alicyclic amines) is 1. The average molecular weight is 156 g/mol. The van der Waals surface area contributed by atoms with Crippen LogP contribution < -0.4 is 0 Å². The Labute approximate surface area is 68.0 Å². The number of piperidine rings is 1. The highest BCUT2D eigenvalue weighted by molar-refractivity contribution is 5.45. The van der Waals surface area contributed by atoms with Crippen LogP contribution in [0.2, 0.25) is 0 Å². The summed E-state index contributed by atoms with van der Waals surface area (Å²) >= 11 is 0. The predicted octanol–water partition coefficient (Wildman–Crippen LogP) is 0.518. The zero-order valence-corrected chi connectivity index (χ0v) is 7.12. The number of hydrogen-bond donors (Lipinski definition) is 0. The smallest absolute Gasteiger partial charge is 0.210 e. The Bertz CT molecular complexity index is 121. The Morgan fingerprint density at radius 1 is 1.36 bits per heavy atom. The van der Waals surface area contributed by atoms with Crippen molar-refractivity contribution in [2.45, 2.75) is 19.3 Å². The number of rotatable bonds is 3. The van der Waals surface area contributed by atoms with Crippen molar-refractivity contribution >= 4 is 6.41 Å². The second-order valence-electron chi connectivity index (χ2n) is 3.18. The van der Waals surface area contributed by atoms with Gasteiger partial charge in [0.1, 0.15) is 0 Å². The molecule has 0 spiro atoms. The molecular formula is C8H16N2O. The highest BCUT2D eigenvalue weighted by atomic mass is 16.1. The van der Waals surface area contributed by atoms with Crippen molar-refractivity contribution in [2.75, 3.05) is 26.8 Å². The van der Waals surface area contributed by atoms with Gasteiger partial charge < -0.3 is 4.90 Å². The SMILES string of the molecule is CN(C=O)CN1CCCCC1. The second kappa shape index (κ2) is 4.34. The molecule has 0 aromatic rings. The summed E-state index contributed by atoms with van der Waals surface area (Å²) < 4.78 is 0. The first kappa shape index (κ1) is 8.53. The summed E-state index contributed by atoms with van der Waals surface area (Å²) in [6.07, 6.45) is 4.80. The highest BCUT2D eigenvalue weighted by Crippen LogP contribution is 2.07. The fourth-order valence-electron chi connectivity index (χ4n) is 1.45. The molecule has 0 bridgehead atoms. The van der Waals surface area contributed by atoms with Gasteiger partial charge in [0, 0.05) is 7.05 Å². The van der Waals surface area contributed by atoms with E-state index in [-0.39, 0.29) is 0 Å². The van der Waals surface area contributed by atoms with E-state index in [1.807, 2.05) is 7.05 Å². The largest absolute Gasteiger partial charge is 0.335 e. The first-order valence-electron chi connectivity index (χ1n) is 4.21. The van der Waals surface area contributed by atoms with E-state index >= 15 is 0 Å².